The fraction of sp³-hybridized carbons (Fsp3) is 0.533. The maximum absolute atomic E-state index is 11.9. The Morgan fingerprint density at radius 3 is 2.95 bits per heavy atom. The van der Waals surface area contributed by atoms with Crippen molar-refractivity contribution in [3.05, 3.63) is 18.2 Å². The van der Waals surface area contributed by atoms with Gasteiger partial charge in [-0.05, 0) is 37.9 Å². The van der Waals surface area contributed by atoms with E-state index < -0.39 is 0 Å². The molecule has 1 saturated heterocycles. The van der Waals surface area contributed by atoms with Crippen molar-refractivity contribution in [2.75, 3.05) is 25.1 Å². The number of benzene rings is 1. The highest BCUT2D eigenvalue weighted by Gasteiger charge is 2.16. The molecule has 108 valence electrons. The van der Waals surface area contributed by atoms with Crippen LogP contribution in [0.15, 0.2) is 18.2 Å². The predicted molar refractivity (Wildman–Crippen MR) is 76.3 cm³/mol. The van der Waals surface area contributed by atoms with E-state index in [1.165, 1.54) is 12.8 Å². The van der Waals surface area contributed by atoms with Crippen LogP contribution in [0.1, 0.15) is 25.7 Å². The van der Waals surface area contributed by atoms with Gasteiger partial charge in [-0.1, -0.05) is 0 Å². The van der Waals surface area contributed by atoms with Crippen LogP contribution in [0.2, 0.25) is 0 Å². The lowest BCUT2D eigenvalue weighted by Gasteiger charge is -2.19. The van der Waals surface area contributed by atoms with Crippen LogP contribution in [0.5, 0.6) is 11.5 Å². The molecular weight excluding hydrogens is 256 g/mol. The molecule has 0 saturated carbocycles. The van der Waals surface area contributed by atoms with Gasteiger partial charge in [0.15, 0.2) is 11.5 Å². The first kappa shape index (κ1) is 13.2. The van der Waals surface area contributed by atoms with Crippen molar-refractivity contribution < 1.29 is 14.3 Å². The van der Waals surface area contributed by atoms with Gasteiger partial charge in [-0.15, -0.1) is 0 Å². The quantitative estimate of drug-likeness (QED) is 0.882. The van der Waals surface area contributed by atoms with Gasteiger partial charge in [-0.2, -0.15) is 0 Å². The third-order valence-corrected chi connectivity index (χ3v) is 3.71. The second kappa shape index (κ2) is 6.13. The maximum Gasteiger partial charge on any atom is 0.224 e. The summed E-state index contributed by atoms with van der Waals surface area (Å²) >= 11 is 0. The van der Waals surface area contributed by atoms with Crippen molar-refractivity contribution in [1.29, 1.82) is 0 Å². The highest BCUT2D eigenvalue weighted by Crippen LogP contribution is 2.32. The van der Waals surface area contributed by atoms with Crippen LogP contribution >= 0.6 is 0 Å². The number of nitrogens with one attached hydrogen (secondary N) is 2. The molecule has 1 aromatic rings. The first-order chi connectivity index (χ1) is 9.81. The summed E-state index contributed by atoms with van der Waals surface area (Å²) in [6.45, 7) is 2.21. The van der Waals surface area contributed by atoms with E-state index in [0.717, 1.165) is 24.4 Å². The van der Waals surface area contributed by atoms with Crippen LogP contribution in [-0.2, 0) is 4.79 Å². The van der Waals surface area contributed by atoms with Gasteiger partial charge < -0.3 is 20.1 Å². The zero-order valence-electron chi connectivity index (χ0n) is 11.5. The molecule has 1 aromatic carbocycles. The third-order valence-electron chi connectivity index (χ3n) is 3.71. The molecule has 0 aliphatic carbocycles. The fourth-order valence-corrected chi connectivity index (χ4v) is 2.65. The molecule has 0 radical (unpaired) electrons. The number of rotatable bonds is 4. The minimum atomic E-state index is 0.0513. The SMILES string of the molecule is O=C(CCC1CCCN1)Nc1ccc2c(c1)OCCO2. The van der Waals surface area contributed by atoms with E-state index in [1.807, 2.05) is 18.2 Å². The molecule has 2 heterocycles. The molecule has 1 fully saturated rings. The van der Waals surface area contributed by atoms with Gasteiger partial charge in [0, 0.05) is 24.2 Å². The summed E-state index contributed by atoms with van der Waals surface area (Å²) in [7, 11) is 0. The highest BCUT2D eigenvalue weighted by molar-refractivity contribution is 5.91. The van der Waals surface area contributed by atoms with E-state index in [4.69, 9.17) is 9.47 Å². The van der Waals surface area contributed by atoms with Gasteiger partial charge in [0.25, 0.3) is 0 Å². The summed E-state index contributed by atoms with van der Waals surface area (Å²) < 4.78 is 11.0. The van der Waals surface area contributed by atoms with Crippen LogP contribution < -0.4 is 20.1 Å². The molecular formula is C15H20N2O3. The van der Waals surface area contributed by atoms with Gasteiger partial charge in [-0.3, -0.25) is 4.79 Å². The van der Waals surface area contributed by atoms with Crippen molar-refractivity contribution >= 4 is 11.6 Å². The summed E-state index contributed by atoms with van der Waals surface area (Å²) in [5.41, 5.74) is 0.763. The van der Waals surface area contributed by atoms with Crippen LogP contribution in [0, 0.1) is 0 Å². The molecule has 0 aromatic heterocycles. The number of amides is 1. The molecule has 2 aliphatic rings. The fourth-order valence-electron chi connectivity index (χ4n) is 2.65. The number of fused-ring (bicyclic) bond motifs is 1. The Kier molecular flexibility index (Phi) is 4.06. The molecule has 1 atom stereocenters. The third kappa shape index (κ3) is 3.22. The molecule has 1 unspecified atom stereocenters. The Morgan fingerprint density at radius 1 is 1.30 bits per heavy atom. The number of hydrogen-bond donors (Lipinski definition) is 2. The molecule has 1 amide bonds. The number of carbonyl (C=O) groups is 1. The highest BCUT2D eigenvalue weighted by atomic mass is 16.6. The van der Waals surface area contributed by atoms with Crippen LogP contribution in [-0.4, -0.2) is 31.7 Å². The van der Waals surface area contributed by atoms with E-state index in [1.54, 1.807) is 0 Å². The number of carbonyl (C=O) groups excluding carboxylic acids is 1. The standard InChI is InChI=1S/C15H20N2O3/c18-15(6-4-11-2-1-7-16-11)17-12-3-5-13-14(10-12)20-9-8-19-13/h3,5,10-11,16H,1-2,4,6-9H2,(H,17,18). The van der Waals surface area contributed by atoms with Crippen LogP contribution in [0.4, 0.5) is 5.69 Å². The summed E-state index contributed by atoms with van der Waals surface area (Å²) in [6.07, 6.45) is 3.84. The zero-order chi connectivity index (χ0) is 13.8. The van der Waals surface area contributed by atoms with Gasteiger partial charge >= 0.3 is 0 Å². The first-order valence-corrected chi connectivity index (χ1v) is 7.24. The van der Waals surface area contributed by atoms with Gasteiger partial charge in [0.2, 0.25) is 5.91 Å². The second-order valence-corrected chi connectivity index (χ2v) is 5.24. The predicted octanol–water partition coefficient (Wildman–Crippen LogP) is 1.93. The van der Waals surface area contributed by atoms with Gasteiger partial charge in [0.05, 0.1) is 0 Å². The summed E-state index contributed by atoms with van der Waals surface area (Å²) in [5, 5.41) is 6.31. The van der Waals surface area contributed by atoms with E-state index in [2.05, 4.69) is 10.6 Å². The molecule has 20 heavy (non-hydrogen) atoms. The molecule has 0 bridgehead atoms. The Balaban J connectivity index is 1.52. The maximum atomic E-state index is 11.9. The molecule has 5 heteroatoms. The normalized spacial score (nSPS) is 20.7. The molecule has 2 aliphatic heterocycles. The summed E-state index contributed by atoms with van der Waals surface area (Å²) in [5.74, 6) is 1.49. The van der Waals surface area contributed by atoms with Crippen molar-refractivity contribution in [2.45, 2.75) is 31.7 Å². The number of anilines is 1. The molecule has 3 rings (SSSR count). The van der Waals surface area contributed by atoms with E-state index in [-0.39, 0.29) is 5.91 Å². The van der Waals surface area contributed by atoms with Crippen LogP contribution in [0.25, 0.3) is 0 Å². The van der Waals surface area contributed by atoms with Crippen molar-refractivity contribution in [2.24, 2.45) is 0 Å². The monoisotopic (exact) mass is 276 g/mol. The lowest BCUT2D eigenvalue weighted by Crippen LogP contribution is -2.23. The van der Waals surface area contributed by atoms with Crippen molar-refractivity contribution in [1.82, 2.24) is 5.32 Å². The van der Waals surface area contributed by atoms with Crippen molar-refractivity contribution in [3.8, 4) is 11.5 Å². The number of hydrogen-bond acceptors (Lipinski definition) is 4. The minimum Gasteiger partial charge on any atom is -0.486 e. The lowest BCUT2D eigenvalue weighted by molar-refractivity contribution is -0.116. The second-order valence-electron chi connectivity index (χ2n) is 5.24. The van der Waals surface area contributed by atoms with E-state index in [0.29, 0.717) is 31.4 Å². The average Bonchev–Trinajstić information content (AvgIpc) is 2.98. The zero-order valence-corrected chi connectivity index (χ0v) is 11.5. The minimum absolute atomic E-state index is 0.0513. The largest absolute Gasteiger partial charge is 0.486 e. The molecule has 5 nitrogen and oxygen atoms in total. The topological polar surface area (TPSA) is 59.6 Å². The number of ether oxygens (including phenoxy) is 2. The Bertz CT molecular complexity index is 484. The summed E-state index contributed by atoms with van der Waals surface area (Å²) in [4.78, 5) is 11.9. The Morgan fingerprint density at radius 2 is 2.15 bits per heavy atom. The first-order valence-electron chi connectivity index (χ1n) is 7.24. The Labute approximate surface area is 118 Å². The summed E-state index contributed by atoms with van der Waals surface area (Å²) in [6, 6.07) is 6.00. The van der Waals surface area contributed by atoms with Crippen molar-refractivity contribution in [3.63, 3.8) is 0 Å². The molecule has 0 spiro atoms. The van der Waals surface area contributed by atoms with Gasteiger partial charge in [-0.25, -0.2) is 0 Å². The van der Waals surface area contributed by atoms with E-state index in [9.17, 15) is 4.79 Å². The van der Waals surface area contributed by atoms with Crippen LogP contribution in [0.3, 0.4) is 0 Å². The molecule has 2 N–H and O–H groups in total. The lowest BCUT2D eigenvalue weighted by atomic mass is 10.1. The smallest absolute Gasteiger partial charge is 0.224 e. The van der Waals surface area contributed by atoms with E-state index >= 15 is 0 Å². The Hall–Kier alpha value is -1.75. The average molecular weight is 276 g/mol. The van der Waals surface area contributed by atoms with Gasteiger partial charge in [0.1, 0.15) is 13.2 Å².